The van der Waals surface area contributed by atoms with Crippen LogP contribution in [0, 0.1) is 28.6 Å². The van der Waals surface area contributed by atoms with Crippen LogP contribution < -0.4 is 0 Å². The Hall–Kier alpha value is -1.40. The molecular formula is C19H26O6. The Labute approximate surface area is 147 Å². The van der Waals surface area contributed by atoms with E-state index in [9.17, 15) is 19.8 Å². The van der Waals surface area contributed by atoms with E-state index in [0.717, 1.165) is 5.57 Å². The van der Waals surface area contributed by atoms with Crippen molar-refractivity contribution in [3.05, 3.63) is 11.6 Å². The predicted molar refractivity (Wildman–Crippen MR) is 87.1 cm³/mol. The number of cyclic esters (lactones) is 1. The zero-order valence-electron chi connectivity index (χ0n) is 14.9. The van der Waals surface area contributed by atoms with Crippen molar-refractivity contribution < 1.29 is 29.3 Å². The molecule has 0 aromatic heterocycles. The summed E-state index contributed by atoms with van der Waals surface area (Å²) in [5, 5.41) is 20.1. The SMILES string of the molecule is CC(CO)C1OC(=O)C=C2C1CC1OC(=O)[C@]3(C)C1[C@]2(C)CC[C@@H]3O. The molecular weight excluding hydrogens is 324 g/mol. The number of rotatable bonds is 2. The zero-order chi connectivity index (χ0) is 18.1. The fourth-order valence-corrected chi connectivity index (χ4v) is 6.04. The largest absolute Gasteiger partial charge is 0.461 e. The second-order valence-electron chi connectivity index (χ2n) is 8.68. The van der Waals surface area contributed by atoms with Crippen LogP contribution >= 0.6 is 0 Å². The van der Waals surface area contributed by atoms with Crippen molar-refractivity contribution in [2.24, 2.45) is 28.6 Å². The zero-order valence-corrected chi connectivity index (χ0v) is 14.9. The molecule has 1 saturated heterocycles. The van der Waals surface area contributed by atoms with Gasteiger partial charge in [-0.3, -0.25) is 4.79 Å². The topological polar surface area (TPSA) is 93.1 Å². The summed E-state index contributed by atoms with van der Waals surface area (Å²) >= 11 is 0. The minimum atomic E-state index is -0.928. The number of fused-ring (bicyclic) bond motifs is 2. The Balaban J connectivity index is 1.83. The number of aliphatic hydroxyl groups excluding tert-OH is 2. The monoisotopic (exact) mass is 350 g/mol. The number of hydrogen-bond donors (Lipinski definition) is 2. The lowest BCUT2D eigenvalue weighted by Gasteiger charge is -2.57. The molecule has 3 fully saturated rings. The van der Waals surface area contributed by atoms with Crippen LogP contribution in [0.15, 0.2) is 11.6 Å². The van der Waals surface area contributed by atoms with Gasteiger partial charge in [-0.25, -0.2) is 4.79 Å². The van der Waals surface area contributed by atoms with E-state index in [1.165, 1.54) is 0 Å². The van der Waals surface area contributed by atoms with Gasteiger partial charge in [0.05, 0.1) is 11.5 Å². The number of aliphatic hydroxyl groups is 2. The summed E-state index contributed by atoms with van der Waals surface area (Å²) in [5.74, 6) is -1.10. The lowest BCUT2D eigenvalue weighted by atomic mass is 9.46. The van der Waals surface area contributed by atoms with Crippen LogP contribution in [0.2, 0.25) is 0 Å². The molecule has 6 nitrogen and oxygen atoms in total. The quantitative estimate of drug-likeness (QED) is 0.727. The molecule has 0 bridgehead atoms. The Morgan fingerprint density at radius 3 is 2.72 bits per heavy atom. The molecule has 2 aliphatic heterocycles. The summed E-state index contributed by atoms with van der Waals surface area (Å²) in [6.07, 6.45) is 1.95. The van der Waals surface area contributed by atoms with E-state index in [-0.39, 0.29) is 47.8 Å². The molecule has 2 saturated carbocycles. The molecule has 2 aliphatic carbocycles. The van der Waals surface area contributed by atoms with Gasteiger partial charge in [-0.05, 0) is 37.2 Å². The fraction of sp³-hybridized carbons (Fsp3) is 0.789. The molecule has 0 spiro atoms. The Morgan fingerprint density at radius 2 is 2.04 bits per heavy atom. The molecule has 25 heavy (non-hydrogen) atoms. The van der Waals surface area contributed by atoms with Gasteiger partial charge in [-0.1, -0.05) is 13.8 Å². The average molecular weight is 350 g/mol. The number of esters is 2. The van der Waals surface area contributed by atoms with Gasteiger partial charge in [-0.2, -0.15) is 0 Å². The average Bonchev–Trinajstić information content (AvgIpc) is 2.84. The van der Waals surface area contributed by atoms with Crippen LogP contribution in [0.1, 0.15) is 40.0 Å². The Kier molecular flexibility index (Phi) is 3.61. The van der Waals surface area contributed by atoms with Gasteiger partial charge >= 0.3 is 11.9 Å². The summed E-state index contributed by atoms with van der Waals surface area (Å²) in [6, 6.07) is 0. The molecule has 2 heterocycles. The first-order chi connectivity index (χ1) is 11.7. The first kappa shape index (κ1) is 17.0. The summed E-state index contributed by atoms with van der Waals surface area (Å²) in [5.41, 5.74) is -0.310. The normalized spacial score (nSPS) is 49.5. The van der Waals surface area contributed by atoms with E-state index in [4.69, 9.17) is 9.47 Å². The van der Waals surface area contributed by atoms with Crippen LogP contribution in [-0.2, 0) is 19.1 Å². The van der Waals surface area contributed by atoms with Crippen LogP contribution in [0.3, 0.4) is 0 Å². The van der Waals surface area contributed by atoms with E-state index in [0.29, 0.717) is 19.3 Å². The van der Waals surface area contributed by atoms with Crippen molar-refractivity contribution in [3.63, 3.8) is 0 Å². The van der Waals surface area contributed by atoms with Crippen LogP contribution in [0.5, 0.6) is 0 Å². The standard InChI is InChI=1S/C19H26O6/c1-9(8-20)15-10-6-12-16-18(2,11(10)7-14(22)25-15)5-4-13(21)19(16,3)17(23)24-12/h7,9-10,12-13,15-16,20-21H,4-6,8H2,1-3H3/t9?,10?,12?,13-,15?,16?,18+,19-/m0/s1. The van der Waals surface area contributed by atoms with Crippen molar-refractivity contribution >= 4 is 11.9 Å². The van der Waals surface area contributed by atoms with E-state index < -0.39 is 17.6 Å². The molecule has 4 aliphatic rings. The second-order valence-corrected chi connectivity index (χ2v) is 8.68. The molecule has 4 rings (SSSR count). The number of ether oxygens (including phenoxy) is 2. The van der Waals surface area contributed by atoms with Gasteiger partial charge in [-0.15, -0.1) is 0 Å². The summed E-state index contributed by atoms with van der Waals surface area (Å²) in [4.78, 5) is 24.9. The highest BCUT2D eigenvalue weighted by atomic mass is 16.6. The van der Waals surface area contributed by atoms with Crippen molar-refractivity contribution in [2.75, 3.05) is 6.61 Å². The Bertz CT molecular complexity index is 656. The minimum Gasteiger partial charge on any atom is -0.461 e. The van der Waals surface area contributed by atoms with Gasteiger partial charge in [0.15, 0.2) is 0 Å². The Morgan fingerprint density at radius 1 is 1.32 bits per heavy atom. The maximum atomic E-state index is 12.6. The van der Waals surface area contributed by atoms with Crippen molar-refractivity contribution in [2.45, 2.75) is 58.3 Å². The highest BCUT2D eigenvalue weighted by molar-refractivity contribution is 5.85. The first-order valence-electron chi connectivity index (χ1n) is 9.16. The molecule has 6 heteroatoms. The molecule has 0 amide bonds. The lowest BCUT2D eigenvalue weighted by Crippen LogP contribution is -2.59. The maximum Gasteiger partial charge on any atom is 0.331 e. The molecule has 0 aromatic carbocycles. The third kappa shape index (κ3) is 2.04. The number of carbonyl (C=O) groups excluding carboxylic acids is 2. The highest BCUT2D eigenvalue weighted by Crippen LogP contribution is 2.66. The summed E-state index contributed by atoms with van der Waals surface area (Å²) in [7, 11) is 0. The van der Waals surface area contributed by atoms with Crippen LogP contribution in [0.4, 0.5) is 0 Å². The van der Waals surface area contributed by atoms with Crippen molar-refractivity contribution in [3.8, 4) is 0 Å². The van der Waals surface area contributed by atoms with Gasteiger partial charge in [0.25, 0.3) is 0 Å². The predicted octanol–water partition coefficient (Wildman–Crippen LogP) is 1.20. The molecule has 0 aromatic rings. The van der Waals surface area contributed by atoms with E-state index in [2.05, 4.69) is 6.92 Å². The molecule has 2 N–H and O–H groups in total. The van der Waals surface area contributed by atoms with Crippen LogP contribution in [0.25, 0.3) is 0 Å². The second kappa shape index (κ2) is 5.30. The van der Waals surface area contributed by atoms with Crippen molar-refractivity contribution in [1.82, 2.24) is 0 Å². The lowest BCUT2D eigenvalue weighted by molar-refractivity contribution is -0.158. The third-order valence-corrected chi connectivity index (χ3v) is 7.35. The van der Waals surface area contributed by atoms with Gasteiger partial charge in [0, 0.05) is 30.4 Å². The van der Waals surface area contributed by atoms with E-state index in [1.807, 2.05) is 6.92 Å². The first-order valence-corrected chi connectivity index (χ1v) is 9.16. The van der Waals surface area contributed by atoms with Gasteiger partial charge in [0.2, 0.25) is 0 Å². The molecule has 8 atom stereocenters. The summed E-state index contributed by atoms with van der Waals surface area (Å²) in [6.45, 7) is 5.69. The molecule has 0 radical (unpaired) electrons. The van der Waals surface area contributed by atoms with Crippen molar-refractivity contribution in [1.29, 1.82) is 0 Å². The molecule has 138 valence electrons. The smallest absolute Gasteiger partial charge is 0.331 e. The van der Waals surface area contributed by atoms with Gasteiger partial charge < -0.3 is 19.7 Å². The molecule has 5 unspecified atom stereocenters. The fourth-order valence-electron chi connectivity index (χ4n) is 6.04. The minimum absolute atomic E-state index is 0.0588. The number of carbonyl (C=O) groups is 2. The number of hydrogen-bond acceptors (Lipinski definition) is 6. The third-order valence-electron chi connectivity index (χ3n) is 7.35. The summed E-state index contributed by atoms with van der Waals surface area (Å²) < 4.78 is 11.3. The maximum absolute atomic E-state index is 12.6. The van der Waals surface area contributed by atoms with E-state index >= 15 is 0 Å². The van der Waals surface area contributed by atoms with Gasteiger partial charge in [0.1, 0.15) is 12.2 Å². The highest BCUT2D eigenvalue weighted by Gasteiger charge is 2.70. The van der Waals surface area contributed by atoms with Crippen LogP contribution in [-0.4, -0.2) is 47.1 Å². The van der Waals surface area contributed by atoms with E-state index in [1.54, 1.807) is 13.0 Å².